The highest BCUT2D eigenvalue weighted by Gasteiger charge is 2.27. The van der Waals surface area contributed by atoms with Crippen molar-refractivity contribution in [3.8, 4) is 11.5 Å². The molecule has 0 N–H and O–H groups in total. The summed E-state index contributed by atoms with van der Waals surface area (Å²) in [5.74, 6) is 1.05. The molecule has 0 amide bonds. The van der Waals surface area contributed by atoms with Gasteiger partial charge in [-0.3, -0.25) is 0 Å². The summed E-state index contributed by atoms with van der Waals surface area (Å²) < 4.78 is 66.7. The summed E-state index contributed by atoms with van der Waals surface area (Å²) in [4.78, 5) is -0.517. The zero-order chi connectivity index (χ0) is 29.8. The van der Waals surface area contributed by atoms with E-state index >= 15 is 0 Å². The van der Waals surface area contributed by atoms with Crippen molar-refractivity contribution in [2.75, 3.05) is 13.2 Å². The van der Waals surface area contributed by atoms with Crippen LogP contribution in [0.2, 0.25) is 0 Å². The van der Waals surface area contributed by atoms with E-state index in [4.69, 9.17) is 9.47 Å². The van der Waals surface area contributed by atoms with E-state index in [2.05, 4.69) is 17.5 Å². The molecular weight excluding hydrogens is 560 g/mol. The van der Waals surface area contributed by atoms with Crippen LogP contribution in [0.5, 0.6) is 11.5 Å². The van der Waals surface area contributed by atoms with Crippen LogP contribution in [0.15, 0.2) is 58.3 Å². The largest absolute Gasteiger partial charge is 0.494 e. The first-order valence-corrected chi connectivity index (χ1v) is 18.3. The zero-order valence-electron chi connectivity index (χ0n) is 25.0. The van der Waals surface area contributed by atoms with Crippen LogP contribution < -0.4 is 9.47 Å². The molecule has 0 aliphatic heterocycles. The fraction of sp³-hybridized carbons (Fsp3) is 0.625. The van der Waals surface area contributed by atoms with Gasteiger partial charge in [0.15, 0.2) is 0 Å². The van der Waals surface area contributed by atoms with Crippen LogP contribution in [0, 0.1) is 0 Å². The SMILES string of the molecule is CCCCCCCCCCOc1ccc(S(=O)(=O)OS(=O)(=O)c2ccc(OCCCCCCCCCC)cc2)cc1. The van der Waals surface area contributed by atoms with Crippen molar-refractivity contribution >= 4 is 20.2 Å². The third-order valence-corrected chi connectivity index (χ3v) is 10.1. The van der Waals surface area contributed by atoms with Crippen LogP contribution in [0.3, 0.4) is 0 Å². The molecule has 0 atom stereocenters. The number of unbranched alkanes of at least 4 members (excludes halogenated alkanes) is 14. The van der Waals surface area contributed by atoms with Crippen molar-refractivity contribution in [1.29, 1.82) is 0 Å². The predicted octanol–water partition coefficient (Wildman–Crippen LogP) is 8.82. The minimum atomic E-state index is -4.54. The Balaban J connectivity index is 1.74. The molecule has 0 aliphatic rings. The lowest BCUT2D eigenvalue weighted by Gasteiger charge is -2.10. The molecule has 2 aromatic carbocycles. The van der Waals surface area contributed by atoms with E-state index in [1.807, 2.05) is 0 Å². The molecule has 0 aliphatic carbocycles. The van der Waals surface area contributed by atoms with E-state index in [1.54, 1.807) is 0 Å². The predicted molar refractivity (Wildman–Crippen MR) is 165 cm³/mol. The summed E-state index contributed by atoms with van der Waals surface area (Å²) in [6, 6.07) is 11.2. The van der Waals surface area contributed by atoms with E-state index in [0.29, 0.717) is 24.7 Å². The average Bonchev–Trinajstić information content (AvgIpc) is 2.95. The van der Waals surface area contributed by atoms with Crippen LogP contribution >= 0.6 is 0 Å². The van der Waals surface area contributed by atoms with Crippen LogP contribution in [0.1, 0.15) is 117 Å². The summed E-state index contributed by atoms with van der Waals surface area (Å²) in [7, 11) is -9.08. The maximum Gasteiger partial charge on any atom is 0.311 e. The second-order valence-corrected chi connectivity index (χ2v) is 13.9. The molecule has 0 aromatic heterocycles. The topological polar surface area (TPSA) is 96.0 Å². The lowest BCUT2D eigenvalue weighted by molar-refractivity contribution is 0.304. The number of hydrogen-bond acceptors (Lipinski definition) is 7. The molecule has 7 nitrogen and oxygen atoms in total. The van der Waals surface area contributed by atoms with E-state index in [-0.39, 0.29) is 9.79 Å². The van der Waals surface area contributed by atoms with E-state index in [1.165, 1.54) is 126 Å². The highest BCUT2D eigenvalue weighted by molar-refractivity contribution is 7.99. The third kappa shape index (κ3) is 14.6. The van der Waals surface area contributed by atoms with Gasteiger partial charge in [0.2, 0.25) is 0 Å². The van der Waals surface area contributed by atoms with Gasteiger partial charge in [-0.15, -0.1) is 3.63 Å². The van der Waals surface area contributed by atoms with E-state index in [9.17, 15) is 16.8 Å². The molecule has 0 spiro atoms. The van der Waals surface area contributed by atoms with E-state index in [0.717, 1.165) is 25.7 Å². The first kappa shape index (κ1) is 35.1. The van der Waals surface area contributed by atoms with Gasteiger partial charge in [-0.1, -0.05) is 104 Å². The summed E-state index contributed by atoms with van der Waals surface area (Å²) >= 11 is 0. The molecule has 0 saturated heterocycles. The average molecular weight is 611 g/mol. The van der Waals surface area contributed by atoms with Gasteiger partial charge in [0, 0.05) is 0 Å². The Morgan fingerprint density at radius 3 is 1.05 bits per heavy atom. The van der Waals surface area contributed by atoms with Gasteiger partial charge in [0.1, 0.15) is 11.5 Å². The first-order chi connectivity index (χ1) is 19.8. The van der Waals surface area contributed by atoms with Crippen LogP contribution in [-0.4, -0.2) is 30.0 Å². The molecule has 0 radical (unpaired) electrons. The second kappa shape index (κ2) is 19.9. The molecule has 2 rings (SSSR count). The maximum atomic E-state index is 12.7. The molecule has 9 heteroatoms. The molecule has 41 heavy (non-hydrogen) atoms. The van der Waals surface area contributed by atoms with Gasteiger partial charge in [-0.2, -0.15) is 16.8 Å². The number of ether oxygens (including phenoxy) is 2. The number of benzene rings is 2. The minimum Gasteiger partial charge on any atom is -0.494 e. The molecule has 2 aromatic rings. The van der Waals surface area contributed by atoms with Gasteiger partial charge in [0.05, 0.1) is 23.0 Å². The summed E-state index contributed by atoms with van der Waals surface area (Å²) in [5.41, 5.74) is 0. The maximum absolute atomic E-state index is 12.7. The fourth-order valence-corrected chi connectivity index (χ4v) is 6.96. The van der Waals surface area contributed by atoms with E-state index < -0.39 is 20.2 Å². The van der Waals surface area contributed by atoms with Gasteiger partial charge in [-0.25, -0.2) is 0 Å². The van der Waals surface area contributed by atoms with Crippen LogP contribution in [0.4, 0.5) is 0 Å². The number of hydrogen-bond donors (Lipinski definition) is 0. The summed E-state index contributed by atoms with van der Waals surface area (Å²) in [5, 5.41) is 0. The lowest BCUT2D eigenvalue weighted by Crippen LogP contribution is -2.14. The number of rotatable bonds is 24. The van der Waals surface area contributed by atoms with Crippen LogP contribution in [0.25, 0.3) is 0 Å². The molecule has 0 bridgehead atoms. The Morgan fingerprint density at radius 2 is 0.732 bits per heavy atom. The third-order valence-electron chi connectivity index (χ3n) is 6.94. The Labute approximate surface area is 249 Å². The van der Waals surface area contributed by atoms with Gasteiger partial charge in [0.25, 0.3) is 0 Å². The standard InChI is InChI=1S/C32H50O7S2/c1-3-5-7-9-11-13-15-17-27-37-29-19-23-31(24-20-29)40(33,34)39-41(35,36)32-25-21-30(22-26-32)38-28-18-16-14-12-10-8-6-4-2/h19-26H,3-18,27-28H2,1-2H3. The Morgan fingerprint density at radius 1 is 0.439 bits per heavy atom. The minimum absolute atomic E-state index is 0.258. The van der Waals surface area contributed by atoms with Crippen LogP contribution in [-0.2, 0) is 23.9 Å². The van der Waals surface area contributed by atoms with Crippen molar-refractivity contribution in [1.82, 2.24) is 0 Å². The Bertz CT molecular complexity index is 1070. The second-order valence-electron chi connectivity index (χ2n) is 10.6. The Kier molecular flexibility index (Phi) is 17.1. The van der Waals surface area contributed by atoms with Gasteiger partial charge < -0.3 is 9.47 Å². The van der Waals surface area contributed by atoms with Crippen molar-refractivity contribution in [2.24, 2.45) is 0 Å². The first-order valence-electron chi connectivity index (χ1n) is 15.5. The normalized spacial score (nSPS) is 12.0. The molecule has 0 saturated carbocycles. The summed E-state index contributed by atoms with van der Waals surface area (Å²) in [6.07, 6.45) is 19.2. The van der Waals surface area contributed by atoms with Crippen molar-refractivity contribution in [3.63, 3.8) is 0 Å². The molecule has 0 heterocycles. The molecule has 0 unspecified atom stereocenters. The van der Waals surface area contributed by atoms with Crippen molar-refractivity contribution < 1.29 is 29.9 Å². The fourth-order valence-electron chi connectivity index (χ4n) is 4.45. The highest BCUT2D eigenvalue weighted by atomic mass is 32.3. The monoisotopic (exact) mass is 610 g/mol. The molecular formula is C32H50O7S2. The van der Waals surface area contributed by atoms with Crippen molar-refractivity contribution in [2.45, 2.75) is 126 Å². The smallest absolute Gasteiger partial charge is 0.311 e. The Hall–Kier alpha value is -2.10. The van der Waals surface area contributed by atoms with Crippen molar-refractivity contribution in [3.05, 3.63) is 48.5 Å². The van der Waals surface area contributed by atoms with Gasteiger partial charge in [-0.05, 0) is 61.4 Å². The van der Waals surface area contributed by atoms with Gasteiger partial charge >= 0.3 is 20.2 Å². The quantitative estimate of drug-likeness (QED) is 0.110. The summed E-state index contributed by atoms with van der Waals surface area (Å²) in [6.45, 7) is 5.51. The molecule has 232 valence electrons. The highest BCUT2D eigenvalue weighted by Crippen LogP contribution is 2.24. The zero-order valence-corrected chi connectivity index (χ0v) is 26.7. The molecule has 0 fully saturated rings. The lowest BCUT2D eigenvalue weighted by atomic mass is 10.1.